The monoisotopic (exact) mass is 220 g/mol. The number of ether oxygens (including phenoxy) is 1. The van der Waals surface area contributed by atoms with Crippen LogP contribution in [0.2, 0.25) is 0 Å². The van der Waals surface area contributed by atoms with E-state index in [1.165, 1.54) is 31.2 Å². The van der Waals surface area contributed by atoms with Crippen LogP contribution < -0.4 is 16.0 Å². The predicted octanol–water partition coefficient (Wildman–Crippen LogP) is 2.18. The Hall–Kier alpha value is -1.06. The van der Waals surface area contributed by atoms with E-state index < -0.39 is 0 Å². The molecule has 3 heteroatoms. The molecular weight excluding hydrogens is 200 g/mol. The van der Waals surface area contributed by atoms with Crippen molar-refractivity contribution < 1.29 is 4.74 Å². The summed E-state index contributed by atoms with van der Waals surface area (Å²) in [6.45, 7) is 0. The first kappa shape index (κ1) is 11.4. The van der Waals surface area contributed by atoms with E-state index in [9.17, 15) is 0 Å². The summed E-state index contributed by atoms with van der Waals surface area (Å²) in [5, 5.41) is 0. The largest absolute Gasteiger partial charge is 0.497 e. The standard InChI is InChI=1S/C13H20N2O/c1-16-11-6-4-5-10(9-11)12-7-2-3-8-13(12)15-14/h4-6,9,12-13,15H,2-3,7-8,14H2,1H3/t12-,13+/m0/s1. The lowest BCUT2D eigenvalue weighted by Gasteiger charge is -2.31. The van der Waals surface area contributed by atoms with Crippen molar-refractivity contribution in [2.75, 3.05) is 7.11 Å². The lowest BCUT2D eigenvalue weighted by atomic mass is 9.80. The smallest absolute Gasteiger partial charge is 0.119 e. The molecule has 0 spiro atoms. The van der Waals surface area contributed by atoms with Gasteiger partial charge in [0.2, 0.25) is 0 Å². The quantitative estimate of drug-likeness (QED) is 0.606. The number of hydrogen-bond acceptors (Lipinski definition) is 3. The molecule has 0 bridgehead atoms. The third-order valence-corrected chi connectivity index (χ3v) is 3.50. The van der Waals surface area contributed by atoms with Gasteiger partial charge in [-0.1, -0.05) is 25.0 Å². The van der Waals surface area contributed by atoms with Crippen LogP contribution >= 0.6 is 0 Å². The Morgan fingerprint density at radius 3 is 2.88 bits per heavy atom. The highest BCUT2D eigenvalue weighted by atomic mass is 16.5. The summed E-state index contributed by atoms with van der Waals surface area (Å²) in [7, 11) is 1.71. The zero-order chi connectivity index (χ0) is 11.4. The first-order chi connectivity index (χ1) is 7.85. The number of hydrazine groups is 1. The maximum atomic E-state index is 5.62. The average molecular weight is 220 g/mol. The van der Waals surface area contributed by atoms with E-state index in [4.69, 9.17) is 10.6 Å². The lowest BCUT2D eigenvalue weighted by Crippen LogP contribution is -2.41. The minimum atomic E-state index is 0.404. The summed E-state index contributed by atoms with van der Waals surface area (Å²) in [6.07, 6.45) is 4.94. The van der Waals surface area contributed by atoms with Crippen LogP contribution in [0.4, 0.5) is 0 Å². The second-order valence-electron chi connectivity index (χ2n) is 4.44. The van der Waals surface area contributed by atoms with Gasteiger partial charge in [0.05, 0.1) is 7.11 Å². The highest BCUT2D eigenvalue weighted by Gasteiger charge is 2.25. The Kier molecular flexibility index (Phi) is 3.80. The molecule has 3 N–H and O–H groups in total. The van der Waals surface area contributed by atoms with Crippen LogP contribution in [0.25, 0.3) is 0 Å². The minimum Gasteiger partial charge on any atom is -0.497 e. The van der Waals surface area contributed by atoms with E-state index in [0.717, 1.165) is 5.75 Å². The van der Waals surface area contributed by atoms with E-state index in [1.807, 2.05) is 6.07 Å². The summed E-state index contributed by atoms with van der Waals surface area (Å²) in [4.78, 5) is 0. The average Bonchev–Trinajstić information content (AvgIpc) is 2.38. The van der Waals surface area contributed by atoms with E-state index in [0.29, 0.717) is 12.0 Å². The maximum Gasteiger partial charge on any atom is 0.119 e. The summed E-state index contributed by atoms with van der Waals surface area (Å²) >= 11 is 0. The molecule has 0 amide bonds. The predicted molar refractivity (Wildman–Crippen MR) is 65.3 cm³/mol. The second-order valence-corrected chi connectivity index (χ2v) is 4.44. The van der Waals surface area contributed by atoms with Gasteiger partial charge in [-0.3, -0.25) is 11.3 Å². The first-order valence-corrected chi connectivity index (χ1v) is 5.95. The number of benzene rings is 1. The molecule has 0 heterocycles. The molecular formula is C13H20N2O. The van der Waals surface area contributed by atoms with Gasteiger partial charge in [0, 0.05) is 12.0 Å². The fourth-order valence-corrected chi connectivity index (χ4v) is 2.60. The topological polar surface area (TPSA) is 47.3 Å². The normalized spacial score (nSPS) is 25.4. The maximum absolute atomic E-state index is 5.62. The third-order valence-electron chi connectivity index (χ3n) is 3.50. The van der Waals surface area contributed by atoms with Crippen molar-refractivity contribution in [3.05, 3.63) is 29.8 Å². The Morgan fingerprint density at radius 1 is 1.31 bits per heavy atom. The van der Waals surface area contributed by atoms with Crippen molar-refractivity contribution in [1.82, 2.24) is 5.43 Å². The number of nitrogens with two attached hydrogens (primary N) is 1. The summed E-state index contributed by atoms with van der Waals surface area (Å²) < 4.78 is 5.26. The molecule has 1 aromatic rings. The molecule has 0 aliphatic heterocycles. The van der Waals surface area contributed by atoms with Gasteiger partial charge in [-0.25, -0.2) is 0 Å². The SMILES string of the molecule is COc1cccc([C@@H]2CCCC[C@H]2NN)c1. The molecule has 88 valence electrons. The van der Waals surface area contributed by atoms with Crippen molar-refractivity contribution in [3.63, 3.8) is 0 Å². The fourth-order valence-electron chi connectivity index (χ4n) is 2.60. The highest BCUT2D eigenvalue weighted by molar-refractivity contribution is 5.32. The summed E-state index contributed by atoms with van der Waals surface area (Å²) in [6, 6.07) is 8.73. The van der Waals surface area contributed by atoms with Gasteiger partial charge >= 0.3 is 0 Å². The van der Waals surface area contributed by atoms with E-state index in [1.54, 1.807) is 7.11 Å². The Bertz CT molecular complexity index is 340. The summed E-state index contributed by atoms with van der Waals surface area (Å²) in [5.74, 6) is 7.07. The van der Waals surface area contributed by atoms with Crippen molar-refractivity contribution in [2.45, 2.75) is 37.6 Å². The number of nitrogens with one attached hydrogen (secondary N) is 1. The fraction of sp³-hybridized carbons (Fsp3) is 0.538. The zero-order valence-corrected chi connectivity index (χ0v) is 9.78. The molecule has 0 saturated heterocycles. The van der Waals surface area contributed by atoms with Crippen molar-refractivity contribution in [3.8, 4) is 5.75 Å². The van der Waals surface area contributed by atoms with Crippen LogP contribution in [0.3, 0.4) is 0 Å². The lowest BCUT2D eigenvalue weighted by molar-refractivity contribution is 0.330. The molecule has 3 nitrogen and oxygen atoms in total. The van der Waals surface area contributed by atoms with Gasteiger partial charge in [0.1, 0.15) is 5.75 Å². The van der Waals surface area contributed by atoms with Crippen LogP contribution in [0, 0.1) is 0 Å². The van der Waals surface area contributed by atoms with Crippen LogP contribution in [0.5, 0.6) is 5.75 Å². The van der Waals surface area contributed by atoms with Gasteiger partial charge in [0.15, 0.2) is 0 Å². The molecule has 1 aromatic carbocycles. The van der Waals surface area contributed by atoms with Crippen molar-refractivity contribution >= 4 is 0 Å². The van der Waals surface area contributed by atoms with Crippen LogP contribution in [-0.2, 0) is 0 Å². The van der Waals surface area contributed by atoms with Crippen molar-refractivity contribution in [1.29, 1.82) is 0 Å². The molecule has 0 unspecified atom stereocenters. The van der Waals surface area contributed by atoms with Crippen LogP contribution in [0.15, 0.2) is 24.3 Å². The molecule has 0 radical (unpaired) electrons. The molecule has 2 rings (SSSR count). The Morgan fingerprint density at radius 2 is 2.12 bits per heavy atom. The van der Waals surface area contributed by atoms with Crippen LogP contribution in [0.1, 0.15) is 37.2 Å². The summed E-state index contributed by atoms with van der Waals surface area (Å²) in [5.41, 5.74) is 4.28. The molecule has 0 aromatic heterocycles. The van der Waals surface area contributed by atoms with Crippen molar-refractivity contribution in [2.24, 2.45) is 5.84 Å². The number of rotatable bonds is 3. The number of hydrogen-bond donors (Lipinski definition) is 2. The number of methoxy groups -OCH3 is 1. The molecule has 1 aliphatic carbocycles. The van der Waals surface area contributed by atoms with Gasteiger partial charge in [0.25, 0.3) is 0 Å². The van der Waals surface area contributed by atoms with E-state index in [2.05, 4.69) is 23.6 Å². The minimum absolute atomic E-state index is 0.404. The highest BCUT2D eigenvalue weighted by Crippen LogP contribution is 2.33. The van der Waals surface area contributed by atoms with Gasteiger partial charge in [-0.05, 0) is 30.5 Å². The molecule has 16 heavy (non-hydrogen) atoms. The van der Waals surface area contributed by atoms with E-state index >= 15 is 0 Å². The molecule has 2 atom stereocenters. The zero-order valence-electron chi connectivity index (χ0n) is 9.78. The first-order valence-electron chi connectivity index (χ1n) is 5.95. The van der Waals surface area contributed by atoms with Gasteiger partial charge in [-0.15, -0.1) is 0 Å². The van der Waals surface area contributed by atoms with E-state index in [-0.39, 0.29) is 0 Å². The Balaban J connectivity index is 2.20. The Labute approximate surface area is 97.0 Å². The van der Waals surface area contributed by atoms with Gasteiger partial charge < -0.3 is 4.74 Å². The van der Waals surface area contributed by atoms with Gasteiger partial charge in [-0.2, -0.15) is 0 Å². The van der Waals surface area contributed by atoms with Crippen LogP contribution in [-0.4, -0.2) is 13.2 Å². The molecule has 1 saturated carbocycles. The molecule has 1 aliphatic rings. The second kappa shape index (κ2) is 5.32. The molecule has 1 fully saturated rings. The third kappa shape index (κ3) is 2.36.